The molecule has 0 saturated carbocycles. The second-order valence-corrected chi connectivity index (χ2v) is 7.87. The average Bonchev–Trinajstić information content (AvgIpc) is 3.16. The van der Waals surface area contributed by atoms with Crippen LogP contribution in [0.5, 0.6) is 0 Å². The Balaban J connectivity index is 1.64. The summed E-state index contributed by atoms with van der Waals surface area (Å²) in [7, 11) is -3.75. The summed E-state index contributed by atoms with van der Waals surface area (Å²) in [6.07, 6.45) is 1.42. The van der Waals surface area contributed by atoms with Crippen molar-refractivity contribution in [1.29, 1.82) is 0 Å². The maximum Gasteiger partial charge on any atom is 0.282 e. The number of aromatic nitrogens is 2. The summed E-state index contributed by atoms with van der Waals surface area (Å²) in [4.78, 5) is 17.0. The fraction of sp³-hybridized carbons (Fsp3) is 0.0500. The van der Waals surface area contributed by atoms with Crippen LogP contribution < -0.4 is 10.7 Å². The van der Waals surface area contributed by atoms with Crippen LogP contribution in [-0.4, -0.2) is 24.3 Å². The Kier molecular flexibility index (Phi) is 4.61. The molecule has 0 fully saturated rings. The molecule has 0 unspecified atom stereocenters. The van der Waals surface area contributed by atoms with Gasteiger partial charge in [0.15, 0.2) is 0 Å². The van der Waals surface area contributed by atoms with Gasteiger partial charge in [0, 0.05) is 5.56 Å². The van der Waals surface area contributed by atoms with Crippen molar-refractivity contribution in [3.63, 3.8) is 0 Å². The zero-order valence-electron chi connectivity index (χ0n) is 15.3. The monoisotopic (exact) mass is 408 g/mol. The maximum absolute atomic E-state index is 12.6. The van der Waals surface area contributed by atoms with E-state index in [-0.39, 0.29) is 10.5 Å². The molecule has 9 heteroatoms. The number of rotatable bonds is 4. The predicted molar refractivity (Wildman–Crippen MR) is 109 cm³/mol. The number of primary sulfonamides is 1. The highest BCUT2D eigenvalue weighted by molar-refractivity contribution is 7.89. The summed E-state index contributed by atoms with van der Waals surface area (Å²) in [5.41, 5.74) is 1.03. The zero-order chi connectivity index (χ0) is 20.6. The number of sulfonamides is 1. The van der Waals surface area contributed by atoms with E-state index in [0.717, 1.165) is 0 Å². The van der Waals surface area contributed by atoms with Crippen LogP contribution in [0.25, 0.3) is 22.2 Å². The highest BCUT2D eigenvalue weighted by Crippen LogP contribution is 2.23. The van der Waals surface area contributed by atoms with Gasteiger partial charge in [-0.3, -0.25) is 4.79 Å². The molecule has 2 heterocycles. The summed E-state index contributed by atoms with van der Waals surface area (Å²) in [5, 5.41) is 9.79. The smallest absolute Gasteiger partial charge is 0.282 e. The van der Waals surface area contributed by atoms with E-state index < -0.39 is 10.0 Å². The minimum atomic E-state index is -3.75. The van der Waals surface area contributed by atoms with Gasteiger partial charge in [0.05, 0.1) is 22.0 Å². The normalized spacial score (nSPS) is 12.1. The van der Waals surface area contributed by atoms with Gasteiger partial charge in [-0.15, -0.1) is 0 Å². The van der Waals surface area contributed by atoms with Crippen LogP contribution in [0.1, 0.15) is 11.6 Å². The van der Waals surface area contributed by atoms with Crippen LogP contribution in [0, 0.1) is 6.92 Å². The molecule has 0 aliphatic heterocycles. The molecule has 0 spiro atoms. The lowest BCUT2D eigenvalue weighted by Crippen LogP contribution is -2.20. The third-order valence-corrected chi connectivity index (χ3v) is 5.24. The fourth-order valence-corrected chi connectivity index (χ4v) is 3.39. The molecule has 4 aromatic rings. The number of furan rings is 1. The molecular formula is C20H16N4O4S. The maximum atomic E-state index is 12.6. The number of hydrogen-bond donors (Lipinski definition) is 1. The Labute approximate surface area is 166 Å². The molecule has 0 aliphatic rings. The van der Waals surface area contributed by atoms with E-state index in [1.54, 1.807) is 49.4 Å². The van der Waals surface area contributed by atoms with Gasteiger partial charge in [-0.2, -0.15) is 9.78 Å². The zero-order valence-corrected chi connectivity index (χ0v) is 16.1. The average molecular weight is 408 g/mol. The van der Waals surface area contributed by atoms with Gasteiger partial charge >= 0.3 is 0 Å². The lowest BCUT2D eigenvalue weighted by molar-refractivity contribution is 0.573. The lowest BCUT2D eigenvalue weighted by Gasteiger charge is -2.04. The number of nitrogens with zero attached hydrogens (tertiary/aromatic N) is 3. The van der Waals surface area contributed by atoms with Crippen LogP contribution in [-0.2, 0) is 10.0 Å². The van der Waals surface area contributed by atoms with E-state index in [0.29, 0.717) is 33.8 Å². The largest absolute Gasteiger partial charge is 0.455 e. The Hall–Kier alpha value is -3.56. The van der Waals surface area contributed by atoms with Crippen molar-refractivity contribution in [2.45, 2.75) is 11.8 Å². The summed E-state index contributed by atoms with van der Waals surface area (Å²) in [5.74, 6) is 1.40. The minimum absolute atomic E-state index is 0.0215. The fourth-order valence-electron chi connectivity index (χ4n) is 2.87. The summed E-state index contributed by atoms with van der Waals surface area (Å²) < 4.78 is 29.6. The van der Waals surface area contributed by atoms with Crippen molar-refractivity contribution >= 4 is 27.1 Å². The van der Waals surface area contributed by atoms with Crippen molar-refractivity contribution in [2.24, 2.45) is 10.2 Å². The van der Waals surface area contributed by atoms with E-state index in [1.807, 2.05) is 6.07 Å². The van der Waals surface area contributed by atoms with Crippen molar-refractivity contribution in [3.05, 3.63) is 82.6 Å². The van der Waals surface area contributed by atoms with Crippen LogP contribution in [0.4, 0.5) is 0 Å². The molecule has 0 radical (unpaired) electrons. The molecule has 0 saturated heterocycles. The van der Waals surface area contributed by atoms with Crippen LogP contribution in [0.15, 0.2) is 79.9 Å². The first kappa shape index (κ1) is 18.8. The molecule has 4 rings (SSSR count). The SMILES string of the molecule is Cc1nc2ccccc2c(=O)n1/N=C\c1ccc(-c2ccc(S(N)(=O)=O)cc2)o1. The third-order valence-electron chi connectivity index (χ3n) is 4.31. The van der Waals surface area contributed by atoms with Gasteiger partial charge in [0.25, 0.3) is 5.56 Å². The first-order chi connectivity index (χ1) is 13.8. The third kappa shape index (κ3) is 3.73. The van der Waals surface area contributed by atoms with Gasteiger partial charge in [-0.1, -0.05) is 12.1 Å². The van der Waals surface area contributed by atoms with E-state index >= 15 is 0 Å². The van der Waals surface area contributed by atoms with Gasteiger partial charge < -0.3 is 4.42 Å². The number of benzene rings is 2. The number of nitrogens with two attached hydrogens (primary N) is 1. The van der Waals surface area contributed by atoms with E-state index in [9.17, 15) is 13.2 Å². The Morgan fingerprint density at radius 1 is 1.07 bits per heavy atom. The highest BCUT2D eigenvalue weighted by Gasteiger charge is 2.10. The van der Waals surface area contributed by atoms with Crippen molar-refractivity contribution in [1.82, 2.24) is 9.66 Å². The van der Waals surface area contributed by atoms with Crippen LogP contribution in [0.3, 0.4) is 0 Å². The second-order valence-electron chi connectivity index (χ2n) is 6.31. The molecule has 0 aliphatic carbocycles. The Bertz CT molecular complexity index is 1400. The molecule has 146 valence electrons. The van der Waals surface area contributed by atoms with Crippen molar-refractivity contribution in [3.8, 4) is 11.3 Å². The molecule has 2 aromatic heterocycles. The summed E-state index contributed by atoms with van der Waals surface area (Å²) in [6, 6.07) is 16.5. The van der Waals surface area contributed by atoms with Crippen molar-refractivity contribution < 1.29 is 12.8 Å². The molecule has 2 aromatic carbocycles. The minimum Gasteiger partial charge on any atom is -0.455 e. The molecular weight excluding hydrogens is 392 g/mol. The first-order valence-corrected chi connectivity index (χ1v) is 10.1. The number of para-hydroxylation sites is 1. The predicted octanol–water partition coefficient (Wildman–Crippen LogP) is 2.49. The van der Waals surface area contributed by atoms with Gasteiger partial charge in [-0.05, 0) is 55.5 Å². The standard InChI is InChI=1S/C20H16N4O4S/c1-13-23-18-5-3-2-4-17(18)20(25)24(13)22-12-15-8-11-19(28-15)14-6-9-16(10-7-14)29(21,26)27/h2-12H,1H3,(H2,21,26,27)/b22-12-. The highest BCUT2D eigenvalue weighted by atomic mass is 32.2. The number of aryl methyl sites for hydroxylation is 1. The van der Waals surface area contributed by atoms with Gasteiger partial charge in [-0.25, -0.2) is 18.5 Å². The van der Waals surface area contributed by atoms with E-state index in [4.69, 9.17) is 9.56 Å². The molecule has 0 atom stereocenters. The molecule has 2 N–H and O–H groups in total. The Morgan fingerprint density at radius 2 is 1.79 bits per heavy atom. The quantitative estimate of drug-likeness (QED) is 0.520. The number of hydrogen-bond acceptors (Lipinski definition) is 6. The number of fused-ring (bicyclic) bond motifs is 1. The molecule has 8 nitrogen and oxygen atoms in total. The lowest BCUT2D eigenvalue weighted by atomic mass is 10.2. The second kappa shape index (κ2) is 7.12. The molecule has 0 amide bonds. The van der Waals surface area contributed by atoms with Crippen LogP contribution in [0.2, 0.25) is 0 Å². The Morgan fingerprint density at radius 3 is 2.52 bits per heavy atom. The summed E-state index contributed by atoms with van der Waals surface area (Å²) in [6.45, 7) is 1.70. The topological polar surface area (TPSA) is 121 Å². The van der Waals surface area contributed by atoms with Gasteiger partial charge in [0.2, 0.25) is 10.0 Å². The molecule has 29 heavy (non-hydrogen) atoms. The van der Waals surface area contributed by atoms with Crippen LogP contribution >= 0.6 is 0 Å². The first-order valence-electron chi connectivity index (χ1n) is 8.59. The van der Waals surface area contributed by atoms with Gasteiger partial charge in [0.1, 0.15) is 17.3 Å². The van der Waals surface area contributed by atoms with Crippen molar-refractivity contribution in [2.75, 3.05) is 0 Å². The van der Waals surface area contributed by atoms with E-state index in [2.05, 4.69) is 10.1 Å². The molecule has 0 bridgehead atoms. The van der Waals surface area contributed by atoms with E-state index in [1.165, 1.54) is 23.0 Å². The summed E-state index contributed by atoms with van der Waals surface area (Å²) >= 11 is 0.